The zero-order chi connectivity index (χ0) is 45.0. The topological polar surface area (TPSA) is 16.4 Å². The van der Waals surface area contributed by atoms with E-state index in [1.165, 1.54) is 48.8 Å². The summed E-state index contributed by atoms with van der Waals surface area (Å²) in [5, 5.41) is 10.8. The van der Waals surface area contributed by atoms with Gasteiger partial charge in [0.2, 0.25) is 0 Å². The molecule has 0 saturated carbocycles. The second-order valence-electron chi connectivity index (χ2n) is 17.6. The fourth-order valence-electron chi connectivity index (χ4n) is 10.4. The quantitative estimate of drug-likeness (QED) is 0.142. The molecule has 13 aromatic rings. The van der Waals surface area contributed by atoms with Gasteiger partial charge in [-0.3, -0.25) is 0 Å². The lowest BCUT2D eigenvalue weighted by atomic mass is 9.90. The maximum atomic E-state index is 6.98. The number of nitrogens with zero attached hydrogens (tertiary/aromatic N) is 1. The van der Waals surface area contributed by atoms with Crippen LogP contribution in [0.4, 0.5) is 17.1 Å². The normalized spacial score (nSPS) is 11.5. The summed E-state index contributed by atoms with van der Waals surface area (Å²) in [4.78, 5) is 2.38. The maximum Gasteiger partial charge on any atom is 0.143 e. The molecule has 0 saturated heterocycles. The molecule has 0 unspecified atom stereocenters. The highest BCUT2D eigenvalue weighted by molar-refractivity contribution is 6.29. The summed E-state index contributed by atoms with van der Waals surface area (Å²) >= 11 is 0. The van der Waals surface area contributed by atoms with Crippen molar-refractivity contribution in [3.05, 3.63) is 261 Å². The Labute approximate surface area is 395 Å². The minimum Gasteiger partial charge on any atom is -0.455 e. The van der Waals surface area contributed by atoms with Crippen LogP contribution in [0.3, 0.4) is 0 Å². The van der Waals surface area contributed by atoms with Crippen molar-refractivity contribution in [3.8, 4) is 55.8 Å². The molecule has 0 fully saturated rings. The first-order chi connectivity index (χ1) is 33.7. The Morgan fingerprint density at radius 3 is 1.50 bits per heavy atom. The van der Waals surface area contributed by atoms with Crippen molar-refractivity contribution in [2.45, 2.75) is 0 Å². The van der Waals surface area contributed by atoms with Gasteiger partial charge in [-0.2, -0.15) is 0 Å². The van der Waals surface area contributed by atoms with Crippen LogP contribution in [0.5, 0.6) is 0 Å². The Morgan fingerprint density at radius 2 is 0.750 bits per heavy atom. The average molecular weight is 866 g/mol. The third kappa shape index (κ3) is 6.82. The van der Waals surface area contributed by atoms with Crippen molar-refractivity contribution in [3.63, 3.8) is 0 Å². The first-order valence-electron chi connectivity index (χ1n) is 23.3. The Bertz CT molecular complexity index is 4000. The van der Waals surface area contributed by atoms with Crippen LogP contribution >= 0.6 is 0 Å². The largest absolute Gasteiger partial charge is 0.455 e. The van der Waals surface area contributed by atoms with Crippen LogP contribution in [0.15, 0.2) is 265 Å². The molecule has 0 atom stereocenters. The predicted octanol–water partition coefficient (Wildman–Crippen LogP) is 18.9. The molecule has 1 aromatic heterocycles. The smallest absolute Gasteiger partial charge is 0.143 e. The highest BCUT2D eigenvalue weighted by Crippen LogP contribution is 2.48. The molecule has 1 heterocycles. The van der Waals surface area contributed by atoms with E-state index in [1.54, 1.807) is 0 Å². The highest BCUT2D eigenvalue weighted by Gasteiger charge is 2.23. The van der Waals surface area contributed by atoms with Crippen LogP contribution < -0.4 is 4.90 Å². The molecule has 0 aliphatic rings. The van der Waals surface area contributed by atoms with Crippen LogP contribution in [0.2, 0.25) is 0 Å². The summed E-state index contributed by atoms with van der Waals surface area (Å²) in [6.07, 6.45) is 0. The van der Waals surface area contributed by atoms with Gasteiger partial charge in [0.1, 0.15) is 11.3 Å². The Kier molecular flexibility index (Phi) is 9.54. The van der Waals surface area contributed by atoms with Crippen LogP contribution in [0, 0.1) is 0 Å². The first-order valence-corrected chi connectivity index (χ1v) is 23.3. The second-order valence-corrected chi connectivity index (χ2v) is 17.6. The molecular formula is C66H43NO. The van der Waals surface area contributed by atoms with E-state index in [0.29, 0.717) is 0 Å². The molecule has 0 bridgehead atoms. The summed E-state index contributed by atoms with van der Waals surface area (Å²) in [6.45, 7) is 0. The molecule has 0 aliphatic carbocycles. The summed E-state index contributed by atoms with van der Waals surface area (Å²) in [6, 6.07) is 94.3. The molecule has 13 rings (SSSR count). The molecule has 2 heteroatoms. The molecule has 68 heavy (non-hydrogen) atoms. The van der Waals surface area contributed by atoms with Crippen LogP contribution in [-0.2, 0) is 0 Å². The van der Waals surface area contributed by atoms with E-state index < -0.39 is 0 Å². The van der Waals surface area contributed by atoms with Crippen LogP contribution in [0.25, 0.3) is 110 Å². The van der Waals surface area contributed by atoms with E-state index in [1.807, 2.05) is 0 Å². The average Bonchev–Trinajstić information content (AvgIpc) is 3.83. The third-order valence-corrected chi connectivity index (χ3v) is 13.6. The molecular weight excluding hydrogens is 823 g/mol. The number of hydrogen-bond acceptors (Lipinski definition) is 2. The van der Waals surface area contributed by atoms with E-state index in [0.717, 1.165) is 78.1 Å². The van der Waals surface area contributed by atoms with Crippen molar-refractivity contribution < 1.29 is 4.42 Å². The summed E-state index contributed by atoms with van der Waals surface area (Å²) in [5.74, 6) is 0.889. The Morgan fingerprint density at radius 1 is 0.250 bits per heavy atom. The zero-order valence-electron chi connectivity index (χ0n) is 37.2. The van der Waals surface area contributed by atoms with E-state index in [2.05, 4.69) is 266 Å². The van der Waals surface area contributed by atoms with E-state index in [4.69, 9.17) is 4.42 Å². The molecule has 0 spiro atoms. The number of hydrogen-bond donors (Lipinski definition) is 0. The highest BCUT2D eigenvalue weighted by atomic mass is 16.3. The molecule has 0 aliphatic heterocycles. The van der Waals surface area contributed by atoms with Gasteiger partial charge in [-0.15, -0.1) is 0 Å². The summed E-state index contributed by atoms with van der Waals surface area (Å²) in [5.41, 5.74) is 14.5. The summed E-state index contributed by atoms with van der Waals surface area (Å²) in [7, 11) is 0. The molecule has 0 N–H and O–H groups in total. The minimum atomic E-state index is 0.889. The number of furan rings is 1. The number of anilines is 3. The van der Waals surface area contributed by atoms with Gasteiger partial charge in [-0.05, 0) is 125 Å². The van der Waals surface area contributed by atoms with Crippen LogP contribution in [-0.4, -0.2) is 0 Å². The van der Waals surface area contributed by atoms with Crippen molar-refractivity contribution in [1.29, 1.82) is 0 Å². The SMILES string of the molecule is c1ccc(-c2ccc(N(c3cccc(-c4cccc(-c5ccc6c(c5)c5ccccc5c5oc(-c7ccccc7)c(-c7ccccc7)c65)c4)c3)c3ccc4c(ccc5ccccc54)c3)cc2)cc1. The third-order valence-electron chi connectivity index (χ3n) is 13.6. The van der Waals surface area contributed by atoms with E-state index in [-0.39, 0.29) is 0 Å². The fourth-order valence-corrected chi connectivity index (χ4v) is 10.4. The number of rotatable bonds is 8. The van der Waals surface area contributed by atoms with Crippen molar-refractivity contribution in [2.75, 3.05) is 4.90 Å². The van der Waals surface area contributed by atoms with Gasteiger partial charge in [-0.25, -0.2) is 0 Å². The minimum absolute atomic E-state index is 0.889. The first kappa shape index (κ1) is 39.4. The van der Waals surface area contributed by atoms with Crippen LogP contribution in [0.1, 0.15) is 0 Å². The lowest BCUT2D eigenvalue weighted by molar-refractivity contribution is 0.636. The Hall–Kier alpha value is -8.98. The molecule has 0 amide bonds. The lowest BCUT2D eigenvalue weighted by Crippen LogP contribution is -2.10. The van der Waals surface area contributed by atoms with E-state index in [9.17, 15) is 0 Å². The zero-order valence-corrected chi connectivity index (χ0v) is 37.2. The number of benzene rings is 12. The van der Waals surface area contributed by atoms with Crippen molar-refractivity contribution in [2.24, 2.45) is 0 Å². The van der Waals surface area contributed by atoms with Crippen molar-refractivity contribution in [1.82, 2.24) is 0 Å². The van der Waals surface area contributed by atoms with Gasteiger partial charge >= 0.3 is 0 Å². The van der Waals surface area contributed by atoms with Gasteiger partial charge in [-0.1, -0.05) is 212 Å². The fraction of sp³-hybridized carbons (Fsp3) is 0. The van der Waals surface area contributed by atoms with Gasteiger partial charge in [0.05, 0.1) is 0 Å². The van der Waals surface area contributed by atoms with Gasteiger partial charge in [0.15, 0.2) is 0 Å². The van der Waals surface area contributed by atoms with E-state index >= 15 is 0 Å². The van der Waals surface area contributed by atoms with Crippen molar-refractivity contribution >= 4 is 71.1 Å². The van der Waals surface area contributed by atoms with Gasteiger partial charge in [0, 0.05) is 39.0 Å². The second kappa shape index (κ2) is 16.5. The molecule has 2 nitrogen and oxygen atoms in total. The summed E-state index contributed by atoms with van der Waals surface area (Å²) < 4.78 is 6.98. The van der Waals surface area contributed by atoms with Gasteiger partial charge in [0.25, 0.3) is 0 Å². The number of fused-ring (bicyclic) bond motifs is 9. The van der Waals surface area contributed by atoms with Gasteiger partial charge < -0.3 is 9.32 Å². The lowest BCUT2D eigenvalue weighted by Gasteiger charge is -2.27. The molecule has 0 radical (unpaired) electrons. The molecule has 318 valence electrons. The standard InChI is InChI=1S/C66H43NO/c1-4-16-44(17-5-1)45-32-35-54(36-33-45)67(56-37-39-58-53(42-56)31-30-46-18-10-11-27-57(46)58)55-26-15-25-51(41-55)49-23-14-24-50(40-49)52-34-38-60-62(43-52)59-28-12-13-29-61(59)66-64(60)63(47-19-6-2-7-20-47)65(68-66)48-21-8-3-9-22-48/h1-43H. The predicted molar refractivity (Wildman–Crippen MR) is 288 cm³/mol. The Balaban J connectivity index is 0.929. The monoisotopic (exact) mass is 865 g/mol. The molecule has 12 aromatic carbocycles. The maximum absolute atomic E-state index is 6.98.